The lowest BCUT2D eigenvalue weighted by Crippen LogP contribution is -2.46. The fourth-order valence-corrected chi connectivity index (χ4v) is 11.0. The Morgan fingerprint density at radius 2 is 1.12 bits per heavy atom. The molecule has 0 N–H and O–H groups in total. The second-order valence-electron chi connectivity index (χ2n) is 12.1. The average Bonchev–Trinajstić information content (AvgIpc) is 2.97. The topological polar surface area (TPSA) is 61.8 Å². The van der Waals surface area contributed by atoms with E-state index < -0.39 is 8.80 Å². The fourth-order valence-electron chi connectivity index (χ4n) is 6.34. The van der Waals surface area contributed by atoms with Crippen molar-refractivity contribution in [2.24, 2.45) is 17.8 Å². The van der Waals surface area contributed by atoms with Crippen LogP contribution >= 0.6 is 23.5 Å². The molecule has 3 atom stereocenters. The third kappa shape index (κ3) is 18.8. The standard InChI is InChI=1S/C34H66O5S2Si/c1-6-11-13-15-17-19-33(35)40-26-23-30-21-22-31(25-28-42(37-8-3,38-9-4)39-10-5)32(29-30)24-27-41-34(36)20-18-16-14-12-7-2/h30-32H,6-29H2,1-5H3. The van der Waals surface area contributed by atoms with Crippen molar-refractivity contribution in [3.05, 3.63) is 0 Å². The molecule has 1 saturated carbocycles. The molecule has 0 aliphatic heterocycles. The van der Waals surface area contributed by atoms with E-state index in [2.05, 4.69) is 13.8 Å². The van der Waals surface area contributed by atoms with Gasteiger partial charge in [-0.25, -0.2) is 0 Å². The minimum absolute atomic E-state index is 0.371. The summed E-state index contributed by atoms with van der Waals surface area (Å²) >= 11 is 3.13. The van der Waals surface area contributed by atoms with Gasteiger partial charge in [0.25, 0.3) is 0 Å². The normalized spacial score (nSPS) is 19.3. The smallest absolute Gasteiger partial charge is 0.374 e. The van der Waals surface area contributed by atoms with Crippen LogP contribution in [0.3, 0.4) is 0 Å². The number of unbranched alkanes of at least 4 members (excludes halogenated alkanes) is 8. The lowest BCUT2D eigenvalue weighted by molar-refractivity contribution is -0.111. The summed E-state index contributed by atoms with van der Waals surface area (Å²) in [4.78, 5) is 25.0. The summed E-state index contributed by atoms with van der Waals surface area (Å²) in [7, 11) is -2.65. The minimum atomic E-state index is -2.65. The molecule has 0 spiro atoms. The highest BCUT2D eigenvalue weighted by molar-refractivity contribution is 8.13. The van der Waals surface area contributed by atoms with E-state index in [9.17, 15) is 9.59 Å². The first-order valence-corrected chi connectivity index (χ1v) is 21.6. The summed E-state index contributed by atoms with van der Waals surface area (Å²) in [6, 6.07) is 0.876. The van der Waals surface area contributed by atoms with E-state index in [0.29, 0.717) is 47.8 Å². The van der Waals surface area contributed by atoms with Crippen LogP contribution in [0.1, 0.15) is 150 Å². The molecule has 0 aromatic carbocycles. The molecule has 0 saturated heterocycles. The maximum Gasteiger partial charge on any atom is 0.500 e. The van der Waals surface area contributed by atoms with Gasteiger partial charge >= 0.3 is 8.80 Å². The summed E-state index contributed by atoms with van der Waals surface area (Å²) in [6.45, 7) is 12.4. The Morgan fingerprint density at radius 1 is 0.619 bits per heavy atom. The molecule has 42 heavy (non-hydrogen) atoms. The molecule has 1 aliphatic carbocycles. The summed E-state index contributed by atoms with van der Waals surface area (Å²) in [6.07, 6.45) is 20.4. The van der Waals surface area contributed by atoms with E-state index in [0.717, 1.165) is 62.5 Å². The van der Waals surface area contributed by atoms with Crippen LogP contribution in [0.4, 0.5) is 0 Å². The number of hydrogen-bond donors (Lipinski definition) is 0. The number of rotatable bonds is 27. The van der Waals surface area contributed by atoms with Gasteiger partial charge in [0.05, 0.1) is 0 Å². The summed E-state index contributed by atoms with van der Waals surface area (Å²) in [5.74, 6) is 3.80. The Bertz CT molecular complexity index is 663. The molecule has 3 unspecified atom stereocenters. The van der Waals surface area contributed by atoms with Crippen molar-refractivity contribution in [2.45, 2.75) is 156 Å². The third-order valence-electron chi connectivity index (χ3n) is 8.67. The van der Waals surface area contributed by atoms with Crippen LogP contribution in [0.15, 0.2) is 0 Å². The monoisotopic (exact) mass is 646 g/mol. The second kappa shape index (κ2) is 26.4. The van der Waals surface area contributed by atoms with Gasteiger partial charge in [-0.05, 0) is 83.5 Å². The minimum Gasteiger partial charge on any atom is -0.374 e. The van der Waals surface area contributed by atoms with Crippen LogP contribution in [0.25, 0.3) is 0 Å². The predicted octanol–water partition coefficient (Wildman–Crippen LogP) is 10.5. The van der Waals surface area contributed by atoms with E-state index in [1.165, 1.54) is 70.6 Å². The molecule has 248 valence electrons. The number of carbonyl (C=O) groups is 2. The first kappa shape index (κ1) is 40.2. The Morgan fingerprint density at radius 3 is 1.62 bits per heavy atom. The van der Waals surface area contributed by atoms with Crippen molar-refractivity contribution in [1.29, 1.82) is 0 Å². The van der Waals surface area contributed by atoms with Gasteiger partial charge in [-0.15, -0.1) is 0 Å². The second-order valence-corrected chi connectivity index (χ2v) is 17.1. The average molecular weight is 647 g/mol. The fraction of sp³-hybridized carbons (Fsp3) is 0.941. The van der Waals surface area contributed by atoms with E-state index in [1.54, 1.807) is 23.5 Å². The van der Waals surface area contributed by atoms with Crippen LogP contribution in [-0.2, 0) is 22.9 Å². The van der Waals surface area contributed by atoms with Crippen LogP contribution < -0.4 is 0 Å². The van der Waals surface area contributed by atoms with E-state index in [4.69, 9.17) is 13.3 Å². The molecule has 0 aromatic rings. The van der Waals surface area contributed by atoms with Crippen LogP contribution in [0.2, 0.25) is 6.04 Å². The molecule has 0 bridgehead atoms. The molecule has 5 nitrogen and oxygen atoms in total. The predicted molar refractivity (Wildman–Crippen MR) is 185 cm³/mol. The molecular weight excluding hydrogens is 581 g/mol. The molecule has 1 rings (SSSR count). The van der Waals surface area contributed by atoms with Crippen molar-refractivity contribution in [3.8, 4) is 0 Å². The zero-order chi connectivity index (χ0) is 30.9. The van der Waals surface area contributed by atoms with Crippen molar-refractivity contribution in [1.82, 2.24) is 0 Å². The largest absolute Gasteiger partial charge is 0.500 e. The Balaban J connectivity index is 2.64. The lowest BCUT2D eigenvalue weighted by atomic mass is 9.71. The zero-order valence-electron chi connectivity index (χ0n) is 28.1. The van der Waals surface area contributed by atoms with Gasteiger partial charge < -0.3 is 13.3 Å². The van der Waals surface area contributed by atoms with Gasteiger partial charge in [-0.2, -0.15) is 0 Å². The number of hydrogen-bond acceptors (Lipinski definition) is 7. The SMILES string of the molecule is CCCCCCCC(=O)SCCC1CCC(CC[Si](OCC)(OCC)OCC)C(CCSC(=O)CCCCCCC)C1. The van der Waals surface area contributed by atoms with Crippen molar-refractivity contribution in [2.75, 3.05) is 31.3 Å². The summed E-state index contributed by atoms with van der Waals surface area (Å²) in [5, 5.41) is 0.751. The van der Waals surface area contributed by atoms with Gasteiger partial charge in [0, 0.05) is 50.2 Å². The molecular formula is C34H66O5S2Si. The molecule has 8 heteroatoms. The summed E-state index contributed by atoms with van der Waals surface area (Å²) in [5.41, 5.74) is 0. The maximum atomic E-state index is 12.6. The van der Waals surface area contributed by atoms with Gasteiger partial charge in [-0.1, -0.05) is 95.2 Å². The van der Waals surface area contributed by atoms with Crippen molar-refractivity contribution < 1.29 is 22.9 Å². The third-order valence-corrected chi connectivity index (χ3v) is 13.7. The van der Waals surface area contributed by atoms with Gasteiger partial charge in [-0.3, -0.25) is 9.59 Å². The van der Waals surface area contributed by atoms with E-state index >= 15 is 0 Å². The quantitative estimate of drug-likeness (QED) is 0.0650. The lowest BCUT2D eigenvalue weighted by Gasteiger charge is -2.38. The van der Waals surface area contributed by atoms with Crippen LogP contribution in [0.5, 0.6) is 0 Å². The zero-order valence-corrected chi connectivity index (χ0v) is 30.7. The van der Waals surface area contributed by atoms with Crippen LogP contribution in [-0.4, -0.2) is 50.4 Å². The van der Waals surface area contributed by atoms with E-state index in [-0.39, 0.29) is 0 Å². The highest BCUT2D eigenvalue weighted by Gasteiger charge is 2.42. The number of thioether (sulfide) groups is 2. The van der Waals surface area contributed by atoms with Crippen molar-refractivity contribution >= 4 is 42.6 Å². The Kier molecular flexibility index (Phi) is 25.2. The highest BCUT2D eigenvalue weighted by atomic mass is 32.2. The summed E-state index contributed by atoms with van der Waals surface area (Å²) < 4.78 is 18.5. The van der Waals surface area contributed by atoms with Crippen molar-refractivity contribution in [3.63, 3.8) is 0 Å². The number of carbonyl (C=O) groups excluding carboxylic acids is 2. The van der Waals surface area contributed by atoms with Gasteiger partial charge in [0.2, 0.25) is 0 Å². The molecule has 0 aromatic heterocycles. The molecule has 0 radical (unpaired) electrons. The van der Waals surface area contributed by atoms with E-state index in [1.807, 2.05) is 20.8 Å². The highest BCUT2D eigenvalue weighted by Crippen LogP contribution is 2.42. The molecule has 0 heterocycles. The first-order valence-electron chi connectivity index (χ1n) is 17.7. The van der Waals surface area contributed by atoms with Gasteiger partial charge in [0.15, 0.2) is 10.2 Å². The van der Waals surface area contributed by atoms with Crippen LogP contribution in [0, 0.1) is 17.8 Å². The molecule has 0 amide bonds. The maximum absolute atomic E-state index is 12.6. The Hall–Kier alpha value is 0.137. The first-order chi connectivity index (χ1) is 20.4. The Labute approximate surface area is 269 Å². The molecule has 1 aliphatic rings. The van der Waals surface area contributed by atoms with Gasteiger partial charge in [0.1, 0.15) is 0 Å². The molecule has 1 fully saturated rings.